The van der Waals surface area contributed by atoms with Crippen LogP contribution in [0.25, 0.3) is 0 Å². The van der Waals surface area contributed by atoms with Crippen molar-refractivity contribution in [2.75, 3.05) is 0 Å². The lowest BCUT2D eigenvalue weighted by Crippen LogP contribution is -2.65. The molecule has 41 heavy (non-hydrogen) atoms. The molecule has 0 fully saturated rings. The summed E-state index contributed by atoms with van der Waals surface area (Å²) < 4.78 is 139. The number of fused-ring (bicyclic) bond motifs is 6. The van der Waals surface area contributed by atoms with Crippen molar-refractivity contribution in [3.63, 3.8) is 0 Å². The molecule has 216 valence electrons. The molecule has 0 radical (unpaired) electrons. The van der Waals surface area contributed by atoms with E-state index in [-0.39, 0.29) is 34.1 Å². The number of alkyl halides is 3. The van der Waals surface area contributed by atoms with Gasteiger partial charge in [0.25, 0.3) is 6.47 Å². The second-order valence-electron chi connectivity index (χ2n) is 9.74. The van der Waals surface area contributed by atoms with Crippen LogP contribution in [0, 0.1) is 30.2 Å². The molecule has 2 aliphatic heterocycles. The molecular weight excluding hydrogens is 605 g/mol. The van der Waals surface area contributed by atoms with E-state index in [4.69, 9.17) is 9.47 Å². The van der Waals surface area contributed by atoms with E-state index >= 15 is 17.6 Å². The van der Waals surface area contributed by atoms with Crippen molar-refractivity contribution >= 4 is 41.0 Å². The molecule has 3 aromatic rings. The second-order valence-corrected chi connectivity index (χ2v) is 15.5. The van der Waals surface area contributed by atoms with Crippen molar-refractivity contribution in [3.05, 3.63) is 81.4 Å². The van der Waals surface area contributed by atoms with Crippen molar-refractivity contribution in [1.29, 1.82) is 0 Å². The van der Waals surface area contributed by atoms with E-state index in [1.54, 1.807) is 0 Å². The summed E-state index contributed by atoms with van der Waals surface area (Å²) in [5.74, 6) is -9.35. The van der Waals surface area contributed by atoms with Crippen LogP contribution in [0.5, 0.6) is 11.5 Å². The zero-order valence-electron chi connectivity index (χ0n) is 20.9. The number of esters is 1. The van der Waals surface area contributed by atoms with E-state index < -0.39 is 80.6 Å². The van der Waals surface area contributed by atoms with Gasteiger partial charge in [-0.05, 0) is 47.6 Å². The summed E-state index contributed by atoms with van der Waals surface area (Å²) in [6, 6.07) is 4.59. The Labute approximate surface area is 227 Å². The highest BCUT2D eigenvalue weighted by molar-refractivity contribution is 7.88. The van der Waals surface area contributed by atoms with Crippen molar-refractivity contribution < 1.29 is 62.4 Å². The second kappa shape index (κ2) is 8.79. The molecule has 0 bridgehead atoms. The van der Waals surface area contributed by atoms with Crippen molar-refractivity contribution in [2.24, 2.45) is 0 Å². The highest BCUT2D eigenvalue weighted by atomic mass is 32.2. The first-order chi connectivity index (χ1) is 18.9. The smallest absolute Gasteiger partial charge is 0.441 e. The molecule has 7 nitrogen and oxygen atoms in total. The number of rotatable bonds is 4. The maximum Gasteiger partial charge on any atom is 0.534 e. The maximum absolute atomic E-state index is 16.2. The predicted octanol–water partition coefficient (Wildman–Crippen LogP) is 3.91. The van der Waals surface area contributed by atoms with Gasteiger partial charge < -0.3 is 13.7 Å². The van der Waals surface area contributed by atoms with Gasteiger partial charge in [-0.1, -0.05) is 13.1 Å². The molecule has 0 aromatic heterocycles. The van der Waals surface area contributed by atoms with Crippen LogP contribution in [-0.2, 0) is 25.3 Å². The third-order valence-corrected chi connectivity index (χ3v) is 11.6. The topological polar surface area (TPSA) is 96.0 Å². The Bertz CT molecular complexity index is 1810. The SMILES string of the molecule is Cc1c(F)cc2c(c1F)[Si](C)(C)c1c(cc(F)c(OS(=O)(=O)C(F)(F)F)c1F)C21OC(=O)c2cc(OC=O)ccc21. The Morgan fingerprint density at radius 2 is 1.51 bits per heavy atom. The van der Waals surface area contributed by atoms with Gasteiger partial charge in [-0.15, -0.1) is 0 Å². The molecule has 5 rings (SSSR count). The molecule has 16 heteroatoms. The molecule has 0 saturated carbocycles. The average molecular weight is 621 g/mol. The van der Waals surface area contributed by atoms with Crippen molar-refractivity contribution in [2.45, 2.75) is 31.1 Å². The largest absolute Gasteiger partial charge is 0.534 e. The molecule has 0 N–H and O–H groups in total. The third kappa shape index (κ3) is 3.79. The van der Waals surface area contributed by atoms with Gasteiger partial charge in [0.2, 0.25) is 5.75 Å². The lowest BCUT2D eigenvalue weighted by Gasteiger charge is -2.44. The number of carbonyl (C=O) groups excluding carboxylic acids is 2. The fourth-order valence-corrected chi connectivity index (χ4v) is 9.34. The predicted molar refractivity (Wildman–Crippen MR) is 128 cm³/mol. The minimum atomic E-state index is -6.55. The minimum Gasteiger partial charge on any atom is -0.441 e. The van der Waals surface area contributed by atoms with Crippen LogP contribution in [0.3, 0.4) is 0 Å². The summed E-state index contributed by atoms with van der Waals surface area (Å²) in [7, 11) is -10.5. The zero-order valence-corrected chi connectivity index (χ0v) is 22.7. The Balaban J connectivity index is 1.94. The normalized spacial score (nSPS) is 18.8. The van der Waals surface area contributed by atoms with Gasteiger partial charge in [0.15, 0.2) is 17.2 Å². The fourth-order valence-electron chi connectivity index (χ4n) is 5.38. The summed E-state index contributed by atoms with van der Waals surface area (Å²) in [5, 5.41) is -0.995. The van der Waals surface area contributed by atoms with Gasteiger partial charge >= 0.3 is 21.6 Å². The molecule has 0 aliphatic carbocycles. The van der Waals surface area contributed by atoms with Crippen LogP contribution < -0.4 is 19.3 Å². The first kappa shape index (κ1) is 28.6. The molecular formula is C25H15F7O7SSi. The summed E-state index contributed by atoms with van der Waals surface area (Å²) in [5.41, 5.74) is -10.4. The number of halogens is 7. The summed E-state index contributed by atoms with van der Waals surface area (Å²) >= 11 is 0. The lowest BCUT2D eigenvalue weighted by molar-refractivity contribution is -0.120. The van der Waals surface area contributed by atoms with Gasteiger partial charge in [-0.25, -0.2) is 22.4 Å². The zero-order chi connectivity index (χ0) is 30.4. The molecule has 1 unspecified atom stereocenters. The maximum atomic E-state index is 16.2. The van der Waals surface area contributed by atoms with Crippen LogP contribution in [0.2, 0.25) is 13.1 Å². The van der Waals surface area contributed by atoms with E-state index in [0.29, 0.717) is 6.07 Å². The summed E-state index contributed by atoms with van der Waals surface area (Å²) in [6.45, 7) is 3.73. The molecule has 1 spiro atoms. The van der Waals surface area contributed by atoms with Gasteiger partial charge in [-0.3, -0.25) is 4.79 Å². The Kier molecular flexibility index (Phi) is 6.13. The van der Waals surface area contributed by atoms with E-state index in [2.05, 4.69) is 4.18 Å². The molecule has 0 amide bonds. The Hall–Kier alpha value is -3.92. The number of ether oxygens (including phenoxy) is 2. The van der Waals surface area contributed by atoms with Crippen LogP contribution in [0.1, 0.15) is 32.6 Å². The Morgan fingerprint density at radius 3 is 2.10 bits per heavy atom. The van der Waals surface area contributed by atoms with Crippen molar-refractivity contribution in [3.8, 4) is 11.5 Å². The number of hydrogen-bond acceptors (Lipinski definition) is 7. The van der Waals surface area contributed by atoms with Crippen LogP contribution in [0.15, 0.2) is 30.3 Å². The van der Waals surface area contributed by atoms with Crippen LogP contribution in [-0.4, -0.2) is 34.4 Å². The van der Waals surface area contributed by atoms with E-state index in [9.17, 15) is 31.2 Å². The van der Waals surface area contributed by atoms with Gasteiger partial charge in [0.05, 0.1) is 5.56 Å². The first-order valence-electron chi connectivity index (χ1n) is 11.4. The fraction of sp³-hybridized carbons (Fsp3) is 0.200. The highest BCUT2D eigenvalue weighted by Gasteiger charge is 2.59. The molecule has 3 aromatic carbocycles. The van der Waals surface area contributed by atoms with Gasteiger partial charge in [0.1, 0.15) is 25.5 Å². The van der Waals surface area contributed by atoms with Crippen LogP contribution >= 0.6 is 0 Å². The highest BCUT2D eigenvalue weighted by Crippen LogP contribution is 2.51. The molecule has 0 saturated heterocycles. The summed E-state index contributed by atoms with van der Waals surface area (Å²) in [6.07, 6.45) is 0. The van der Waals surface area contributed by atoms with E-state index in [1.807, 2.05) is 0 Å². The minimum absolute atomic E-state index is 0.0475. The lowest BCUT2D eigenvalue weighted by atomic mass is 9.78. The third-order valence-electron chi connectivity index (χ3n) is 7.13. The van der Waals surface area contributed by atoms with Gasteiger partial charge in [-0.2, -0.15) is 21.6 Å². The van der Waals surface area contributed by atoms with Crippen molar-refractivity contribution in [1.82, 2.24) is 0 Å². The van der Waals surface area contributed by atoms with Gasteiger partial charge in [0, 0.05) is 22.3 Å². The molecule has 1 atom stereocenters. The van der Waals surface area contributed by atoms with E-state index in [0.717, 1.165) is 31.2 Å². The average Bonchev–Trinajstić information content (AvgIpc) is 3.15. The quantitative estimate of drug-likeness (QED) is 0.109. The number of hydrogen-bond donors (Lipinski definition) is 0. The monoisotopic (exact) mass is 620 g/mol. The molecule has 2 heterocycles. The first-order valence-corrected chi connectivity index (χ1v) is 15.8. The van der Waals surface area contributed by atoms with Crippen LogP contribution in [0.4, 0.5) is 30.7 Å². The van der Waals surface area contributed by atoms with E-state index in [1.165, 1.54) is 13.1 Å². The number of carbonyl (C=O) groups is 2. The standard InChI is InChI=1S/C25H15F7O7SSi/c1-10-16(26)7-14-21(18(10)28)41(2,3)22-15(8-17(27)20(19(22)29)39-40(35,36)25(30,31)32)24(14)13-5-4-11(37-9-33)6-12(13)23(34)38-24/h4-9H,1-3H3. The summed E-state index contributed by atoms with van der Waals surface area (Å²) in [4.78, 5) is 23.9. The Morgan fingerprint density at radius 1 is 0.927 bits per heavy atom. The number of benzene rings is 3. The molecule has 2 aliphatic rings.